The molecular formula is C14H19BrFN. The van der Waals surface area contributed by atoms with Crippen LogP contribution in [0.3, 0.4) is 0 Å². The van der Waals surface area contributed by atoms with Crippen LogP contribution in [0.2, 0.25) is 0 Å². The van der Waals surface area contributed by atoms with Crippen molar-refractivity contribution in [2.75, 3.05) is 11.4 Å². The zero-order chi connectivity index (χ0) is 12.3. The van der Waals surface area contributed by atoms with Gasteiger partial charge in [0.15, 0.2) is 0 Å². The van der Waals surface area contributed by atoms with Crippen LogP contribution in [0.1, 0.15) is 38.2 Å². The first kappa shape index (κ1) is 12.9. The zero-order valence-electron chi connectivity index (χ0n) is 10.3. The number of halogens is 2. The van der Waals surface area contributed by atoms with Crippen LogP contribution in [0.5, 0.6) is 0 Å². The van der Waals surface area contributed by atoms with Gasteiger partial charge in [0.2, 0.25) is 0 Å². The number of anilines is 1. The minimum Gasteiger partial charge on any atom is -0.369 e. The average molecular weight is 300 g/mol. The fourth-order valence-corrected chi connectivity index (χ4v) is 3.23. The maximum atomic E-state index is 13.2. The van der Waals surface area contributed by atoms with Gasteiger partial charge in [-0.1, -0.05) is 28.8 Å². The Kier molecular flexibility index (Phi) is 4.43. The van der Waals surface area contributed by atoms with Crippen molar-refractivity contribution < 1.29 is 4.39 Å². The summed E-state index contributed by atoms with van der Waals surface area (Å²) in [6.45, 7) is 3.18. The molecule has 1 aliphatic carbocycles. The van der Waals surface area contributed by atoms with Gasteiger partial charge in [-0.3, -0.25) is 0 Å². The Morgan fingerprint density at radius 3 is 2.65 bits per heavy atom. The molecule has 0 spiro atoms. The van der Waals surface area contributed by atoms with E-state index in [9.17, 15) is 4.39 Å². The molecule has 2 rings (SSSR count). The normalized spacial score (nSPS) is 16.4. The Bertz CT molecular complexity index is 374. The predicted octanol–water partition coefficient (Wildman–Crippen LogP) is 4.49. The van der Waals surface area contributed by atoms with Crippen LogP contribution in [0.4, 0.5) is 10.1 Å². The van der Waals surface area contributed by atoms with E-state index >= 15 is 0 Å². The summed E-state index contributed by atoms with van der Waals surface area (Å²) in [5.74, 6) is -0.148. The van der Waals surface area contributed by atoms with Crippen molar-refractivity contribution >= 4 is 21.6 Å². The van der Waals surface area contributed by atoms with Crippen LogP contribution < -0.4 is 4.90 Å². The number of nitrogens with zero attached hydrogens (tertiary/aromatic N) is 1. The maximum Gasteiger partial charge on any atom is 0.123 e. The molecule has 0 aromatic heterocycles. The zero-order valence-corrected chi connectivity index (χ0v) is 11.8. The third-order valence-electron chi connectivity index (χ3n) is 3.60. The predicted molar refractivity (Wildman–Crippen MR) is 74.3 cm³/mol. The number of benzene rings is 1. The van der Waals surface area contributed by atoms with Crippen molar-refractivity contribution in [3.8, 4) is 0 Å². The lowest BCUT2D eigenvalue weighted by molar-refractivity contribution is 0.610. The van der Waals surface area contributed by atoms with Crippen molar-refractivity contribution in [1.29, 1.82) is 0 Å². The highest BCUT2D eigenvalue weighted by Gasteiger charge is 2.23. The summed E-state index contributed by atoms with van der Waals surface area (Å²) in [4.78, 5) is 2.43. The van der Waals surface area contributed by atoms with Gasteiger partial charge in [-0.15, -0.1) is 0 Å². The van der Waals surface area contributed by atoms with E-state index in [1.54, 1.807) is 12.1 Å². The van der Waals surface area contributed by atoms with Crippen LogP contribution >= 0.6 is 15.9 Å². The molecule has 0 unspecified atom stereocenters. The second kappa shape index (κ2) is 5.85. The summed E-state index contributed by atoms with van der Waals surface area (Å²) < 4.78 is 13.2. The summed E-state index contributed by atoms with van der Waals surface area (Å²) in [5, 5.41) is 0.712. The Morgan fingerprint density at radius 2 is 2.06 bits per heavy atom. The van der Waals surface area contributed by atoms with Crippen molar-refractivity contribution in [1.82, 2.24) is 0 Å². The second-order valence-electron chi connectivity index (χ2n) is 4.63. The van der Waals surface area contributed by atoms with E-state index < -0.39 is 0 Å². The molecular weight excluding hydrogens is 281 g/mol. The van der Waals surface area contributed by atoms with Gasteiger partial charge in [-0.05, 0) is 43.5 Å². The molecule has 0 N–H and O–H groups in total. The molecule has 0 saturated heterocycles. The highest BCUT2D eigenvalue weighted by molar-refractivity contribution is 9.08. The number of alkyl halides is 1. The minimum atomic E-state index is -0.148. The standard InChI is InChI=1S/C14H19BrFN/c1-2-17(13-5-3-4-6-13)14-8-7-12(16)9-11(14)10-15/h7-9,13H,2-6,10H2,1H3. The van der Waals surface area contributed by atoms with Gasteiger partial charge < -0.3 is 4.90 Å². The van der Waals surface area contributed by atoms with Crippen LogP contribution in [0, 0.1) is 5.82 Å². The van der Waals surface area contributed by atoms with E-state index in [0.717, 1.165) is 12.1 Å². The minimum absolute atomic E-state index is 0.148. The highest BCUT2D eigenvalue weighted by Crippen LogP contribution is 2.31. The van der Waals surface area contributed by atoms with Gasteiger partial charge in [0, 0.05) is 23.6 Å². The molecule has 17 heavy (non-hydrogen) atoms. The molecule has 0 atom stereocenters. The van der Waals surface area contributed by atoms with Crippen LogP contribution in [0.15, 0.2) is 18.2 Å². The van der Waals surface area contributed by atoms with Gasteiger partial charge in [0.25, 0.3) is 0 Å². The average Bonchev–Trinajstić information content (AvgIpc) is 2.85. The van der Waals surface area contributed by atoms with E-state index in [0.29, 0.717) is 11.4 Å². The van der Waals surface area contributed by atoms with Gasteiger partial charge in [-0.2, -0.15) is 0 Å². The van der Waals surface area contributed by atoms with Crippen LogP contribution in [0.25, 0.3) is 0 Å². The summed E-state index contributed by atoms with van der Waals surface area (Å²) in [6.07, 6.45) is 5.19. The Morgan fingerprint density at radius 1 is 1.35 bits per heavy atom. The van der Waals surface area contributed by atoms with E-state index in [-0.39, 0.29) is 5.82 Å². The van der Waals surface area contributed by atoms with Gasteiger partial charge in [0.1, 0.15) is 5.82 Å². The lowest BCUT2D eigenvalue weighted by atomic mass is 10.1. The SMILES string of the molecule is CCN(c1ccc(F)cc1CBr)C1CCCC1. The van der Waals surface area contributed by atoms with Gasteiger partial charge >= 0.3 is 0 Å². The lowest BCUT2D eigenvalue weighted by Gasteiger charge is -2.31. The van der Waals surface area contributed by atoms with E-state index in [2.05, 4.69) is 27.8 Å². The van der Waals surface area contributed by atoms with Crippen molar-refractivity contribution in [2.45, 2.75) is 44.0 Å². The molecule has 0 bridgehead atoms. The van der Waals surface area contributed by atoms with Gasteiger partial charge in [-0.25, -0.2) is 4.39 Å². The number of rotatable bonds is 4. The molecule has 1 aliphatic rings. The Hall–Kier alpha value is -0.570. The third kappa shape index (κ3) is 2.82. The molecule has 0 amide bonds. The monoisotopic (exact) mass is 299 g/mol. The van der Waals surface area contributed by atoms with Crippen LogP contribution in [-0.2, 0) is 5.33 Å². The molecule has 1 saturated carbocycles. The molecule has 94 valence electrons. The van der Waals surface area contributed by atoms with Crippen molar-refractivity contribution in [3.63, 3.8) is 0 Å². The number of hydrogen-bond donors (Lipinski definition) is 0. The van der Waals surface area contributed by atoms with E-state index in [1.165, 1.54) is 31.4 Å². The van der Waals surface area contributed by atoms with Crippen molar-refractivity contribution in [3.05, 3.63) is 29.6 Å². The third-order valence-corrected chi connectivity index (χ3v) is 4.21. The number of hydrogen-bond acceptors (Lipinski definition) is 1. The molecule has 0 aliphatic heterocycles. The second-order valence-corrected chi connectivity index (χ2v) is 5.19. The fraction of sp³-hybridized carbons (Fsp3) is 0.571. The molecule has 3 heteroatoms. The summed E-state index contributed by atoms with van der Waals surface area (Å²) in [6, 6.07) is 5.78. The Labute approximate surface area is 111 Å². The molecule has 0 heterocycles. The van der Waals surface area contributed by atoms with E-state index in [4.69, 9.17) is 0 Å². The van der Waals surface area contributed by atoms with Gasteiger partial charge in [0.05, 0.1) is 0 Å². The fourth-order valence-electron chi connectivity index (χ4n) is 2.78. The maximum absolute atomic E-state index is 13.2. The first-order valence-corrected chi connectivity index (χ1v) is 7.49. The first-order valence-electron chi connectivity index (χ1n) is 6.37. The Balaban J connectivity index is 2.29. The molecule has 1 nitrogen and oxygen atoms in total. The summed E-state index contributed by atoms with van der Waals surface area (Å²) >= 11 is 3.46. The smallest absolute Gasteiger partial charge is 0.123 e. The topological polar surface area (TPSA) is 3.24 Å². The van der Waals surface area contributed by atoms with Crippen molar-refractivity contribution in [2.24, 2.45) is 0 Å². The largest absolute Gasteiger partial charge is 0.369 e. The molecule has 0 radical (unpaired) electrons. The summed E-state index contributed by atoms with van der Waals surface area (Å²) in [5.41, 5.74) is 2.25. The molecule has 1 fully saturated rings. The quantitative estimate of drug-likeness (QED) is 0.741. The molecule has 1 aromatic carbocycles. The van der Waals surface area contributed by atoms with E-state index in [1.807, 2.05) is 6.07 Å². The first-order chi connectivity index (χ1) is 8.26. The van der Waals surface area contributed by atoms with Crippen LogP contribution in [-0.4, -0.2) is 12.6 Å². The highest BCUT2D eigenvalue weighted by atomic mass is 79.9. The summed E-state index contributed by atoms with van der Waals surface area (Å²) in [7, 11) is 0. The lowest BCUT2D eigenvalue weighted by Crippen LogP contribution is -2.33. The molecule has 1 aromatic rings.